The van der Waals surface area contributed by atoms with Gasteiger partial charge in [-0.1, -0.05) is 46.9 Å². The van der Waals surface area contributed by atoms with Gasteiger partial charge in [0.15, 0.2) is 0 Å². The van der Waals surface area contributed by atoms with E-state index in [-0.39, 0.29) is 5.76 Å². The Labute approximate surface area is 70.8 Å². The molecule has 0 aliphatic rings. The van der Waals surface area contributed by atoms with E-state index in [0.717, 1.165) is 0 Å². The van der Waals surface area contributed by atoms with E-state index in [2.05, 4.69) is 13.2 Å². The Morgan fingerprint density at radius 1 is 1.09 bits per heavy atom. The number of aliphatic hydroxyl groups excluding tert-OH is 1. The van der Waals surface area contributed by atoms with Crippen molar-refractivity contribution in [1.82, 2.24) is 0 Å². The van der Waals surface area contributed by atoms with Crippen LogP contribution in [0.5, 0.6) is 0 Å². The second-order valence-electron chi connectivity index (χ2n) is 1.03. The van der Waals surface area contributed by atoms with E-state index in [1.807, 2.05) is 27.7 Å². The normalized spacial score (nSPS) is 7.82. The van der Waals surface area contributed by atoms with Crippen LogP contribution in [-0.4, -0.2) is 5.11 Å². The average molecular weight is 156 g/mol. The minimum absolute atomic E-state index is 0.148. The lowest BCUT2D eigenvalue weighted by atomic mass is 10.4. The van der Waals surface area contributed by atoms with Crippen LogP contribution in [0.3, 0.4) is 0 Å². The lowest BCUT2D eigenvalue weighted by Crippen LogP contribution is -1.66. The molecule has 0 radical (unpaired) electrons. The first-order valence-electron chi connectivity index (χ1n) is 3.95. The summed E-state index contributed by atoms with van der Waals surface area (Å²) in [5, 5.41) is 8.53. The number of aliphatic hydroxyl groups is 1. The van der Waals surface area contributed by atoms with Crippen molar-refractivity contribution in [3.05, 3.63) is 37.1 Å². The lowest BCUT2D eigenvalue weighted by Gasteiger charge is -1.80. The first-order valence-corrected chi connectivity index (χ1v) is 3.95. The van der Waals surface area contributed by atoms with Crippen molar-refractivity contribution < 1.29 is 5.11 Å². The Hall–Kier alpha value is -0.980. The second kappa shape index (κ2) is 23.0. The Kier molecular flexibility index (Phi) is 34.6. The van der Waals surface area contributed by atoms with Gasteiger partial charge in [-0.15, -0.1) is 0 Å². The summed E-state index contributed by atoms with van der Waals surface area (Å²) in [6, 6.07) is 0. The SMILES string of the molecule is C=C/C=C(/O)C=C.CC.CC. The molecule has 0 heterocycles. The number of rotatable bonds is 2. The molecule has 0 aromatic heterocycles. The highest BCUT2D eigenvalue weighted by atomic mass is 16.3. The van der Waals surface area contributed by atoms with Crippen molar-refractivity contribution in [2.45, 2.75) is 27.7 Å². The van der Waals surface area contributed by atoms with E-state index >= 15 is 0 Å². The molecule has 0 rings (SSSR count). The van der Waals surface area contributed by atoms with Crippen molar-refractivity contribution >= 4 is 0 Å². The summed E-state index contributed by atoms with van der Waals surface area (Å²) >= 11 is 0. The fourth-order valence-electron chi connectivity index (χ4n) is 0.189. The Morgan fingerprint density at radius 3 is 1.55 bits per heavy atom. The van der Waals surface area contributed by atoms with Crippen LogP contribution in [0, 0.1) is 0 Å². The van der Waals surface area contributed by atoms with Crippen molar-refractivity contribution in [2.24, 2.45) is 0 Å². The first kappa shape index (κ1) is 16.5. The molecule has 0 atom stereocenters. The van der Waals surface area contributed by atoms with Crippen molar-refractivity contribution in [2.75, 3.05) is 0 Å². The molecule has 0 saturated carbocycles. The summed E-state index contributed by atoms with van der Waals surface area (Å²) in [5.74, 6) is 0.148. The maximum absolute atomic E-state index is 8.53. The Morgan fingerprint density at radius 2 is 1.45 bits per heavy atom. The van der Waals surface area contributed by atoms with Crippen LogP contribution in [-0.2, 0) is 0 Å². The molecule has 0 fully saturated rings. The highest BCUT2D eigenvalue weighted by Gasteiger charge is 1.72. The molecule has 1 heteroatoms. The molecular formula is C10H20O. The predicted molar refractivity (Wildman–Crippen MR) is 53.8 cm³/mol. The Bertz CT molecular complexity index is 101. The smallest absolute Gasteiger partial charge is 0.114 e. The van der Waals surface area contributed by atoms with Gasteiger partial charge in [-0.05, 0) is 12.2 Å². The van der Waals surface area contributed by atoms with Crippen LogP contribution in [0.2, 0.25) is 0 Å². The van der Waals surface area contributed by atoms with Crippen LogP contribution in [0.1, 0.15) is 27.7 Å². The summed E-state index contributed by atoms with van der Waals surface area (Å²) < 4.78 is 0. The molecule has 66 valence electrons. The summed E-state index contributed by atoms with van der Waals surface area (Å²) in [7, 11) is 0. The molecule has 0 unspecified atom stereocenters. The van der Waals surface area contributed by atoms with Gasteiger partial charge in [-0.2, -0.15) is 0 Å². The molecule has 0 aliphatic carbocycles. The minimum Gasteiger partial charge on any atom is -0.508 e. The molecule has 0 aromatic rings. The molecule has 0 spiro atoms. The molecule has 0 saturated heterocycles. The van der Waals surface area contributed by atoms with Gasteiger partial charge >= 0.3 is 0 Å². The number of hydrogen-bond acceptors (Lipinski definition) is 1. The van der Waals surface area contributed by atoms with E-state index < -0.39 is 0 Å². The van der Waals surface area contributed by atoms with Crippen molar-refractivity contribution in [1.29, 1.82) is 0 Å². The quantitative estimate of drug-likeness (QED) is 0.475. The highest BCUT2D eigenvalue weighted by Crippen LogP contribution is 1.85. The summed E-state index contributed by atoms with van der Waals surface area (Å²) in [5.41, 5.74) is 0. The summed E-state index contributed by atoms with van der Waals surface area (Å²) in [6.45, 7) is 14.7. The lowest BCUT2D eigenvalue weighted by molar-refractivity contribution is 0.433. The molecule has 1 nitrogen and oxygen atoms in total. The standard InChI is InChI=1S/C6H8O.2C2H6/c1-3-5-6(7)4-2;2*1-2/h3-5,7H,1-2H2;2*1-2H3/b6-5+;;. The van der Waals surface area contributed by atoms with E-state index in [0.29, 0.717) is 0 Å². The van der Waals surface area contributed by atoms with Gasteiger partial charge in [-0.3, -0.25) is 0 Å². The Balaban J connectivity index is -0.000000138. The van der Waals surface area contributed by atoms with Crippen LogP contribution in [0.25, 0.3) is 0 Å². The van der Waals surface area contributed by atoms with Gasteiger partial charge in [-0.25, -0.2) is 0 Å². The molecule has 0 amide bonds. The van der Waals surface area contributed by atoms with E-state index in [1.54, 1.807) is 0 Å². The van der Waals surface area contributed by atoms with E-state index in [1.165, 1.54) is 18.2 Å². The van der Waals surface area contributed by atoms with Crippen LogP contribution < -0.4 is 0 Å². The monoisotopic (exact) mass is 156 g/mol. The topological polar surface area (TPSA) is 20.2 Å². The molecule has 11 heavy (non-hydrogen) atoms. The fourth-order valence-corrected chi connectivity index (χ4v) is 0.189. The summed E-state index contributed by atoms with van der Waals surface area (Å²) in [4.78, 5) is 0. The van der Waals surface area contributed by atoms with Gasteiger partial charge in [0.05, 0.1) is 0 Å². The van der Waals surface area contributed by atoms with E-state index in [9.17, 15) is 0 Å². The zero-order valence-electron chi connectivity index (χ0n) is 8.09. The third-order valence-electron chi connectivity index (χ3n) is 0.498. The molecular weight excluding hydrogens is 136 g/mol. The third-order valence-corrected chi connectivity index (χ3v) is 0.498. The maximum atomic E-state index is 8.53. The van der Waals surface area contributed by atoms with Gasteiger partial charge in [0, 0.05) is 0 Å². The maximum Gasteiger partial charge on any atom is 0.114 e. The zero-order valence-corrected chi connectivity index (χ0v) is 8.09. The zero-order chi connectivity index (χ0) is 9.70. The largest absolute Gasteiger partial charge is 0.508 e. The average Bonchev–Trinajstić information content (AvgIpc) is 2.12. The predicted octanol–water partition coefficient (Wildman–Crippen LogP) is 3.85. The first-order chi connectivity index (χ1) is 5.31. The highest BCUT2D eigenvalue weighted by molar-refractivity contribution is 5.12. The van der Waals surface area contributed by atoms with Crippen molar-refractivity contribution in [3.63, 3.8) is 0 Å². The van der Waals surface area contributed by atoms with Crippen LogP contribution >= 0.6 is 0 Å². The fraction of sp³-hybridized carbons (Fsp3) is 0.400. The van der Waals surface area contributed by atoms with Gasteiger partial charge < -0.3 is 5.11 Å². The molecule has 0 bridgehead atoms. The third kappa shape index (κ3) is 27.5. The number of hydrogen-bond donors (Lipinski definition) is 1. The number of allylic oxidation sites excluding steroid dienone is 3. The molecule has 0 aliphatic heterocycles. The van der Waals surface area contributed by atoms with E-state index in [4.69, 9.17) is 5.11 Å². The van der Waals surface area contributed by atoms with Gasteiger partial charge in [0.1, 0.15) is 5.76 Å². The van der Waals surface area contributed by atoms with Crippen LogP contribution in [0.15, 0.2) is 37.1 Å². The van der Waals surface area contributed by atoms with Crippen molar-refractivity contribution in [3.8, 4) is 0 Å². The van der Waals surface area contributed by atoms with Crippen LogP contribution in [0.4, 0.5) is 0 Å². The minimum atomic E-state index is 0.148. The second-order valence-corrected chi connectivity index (χ2v) is 1.03. The molecule has 0 aromatic carbocycles. The molecule has 1 N–H and O–H groups in total. The van der Waals surface area contributed by atoms with Gasteiger partial charge in [0.2, 0.25) is 0 Å². The van der Waals surface area contributed by atoms with Gasteiger partial charge in [0.25, 0.3) is 0 Å². The summed E-state index contributed by atoms with van der Waals surface area (Å²) in [6.07, 6.45) is 4.31.